The molecule has 1 N–H and O–H groups in total. The first kappa shape index (κ1) is 17.4. The second-order valence-electron chi connectivity index (χ2n) is 5.90. The van der Waals surface area contributed by atoms with Gasteiger partial charge in [0.1, 0.15) is 12.3 Å². The van der Waals surface area contributed by atoms with Gasteiger partial charge in [-0.05, 0) is 42.3 Å². The Bertz CT molecular complexity index is 972. The van der Waals surface area contributed by atoms with Crippen LogP contribution in [0, 0.1) is 6.92 Å². The van der Waals surface area contributed by atoms with Crippen molar-refractivity contribution in [2.45, 2.75) is 20.5 Å². The zero-order valence-corrected chi connectivity index (χ0v) is 14.6. The van der Waals surface area contributed by atoms with Crippen molar-refractivity contribution in [3.05, 3.63) is 71.7 Å². The molecule has 0 aliphatic heterocycles. The van der Waals surface area contributed by atoms with Crippen molar-refractivity contribution in [1.29, 1.82) is 0 Å². The number of carbonyl (C=O) groups excluding carboxylic acids is 2. The van der Waals surface area contributed by atoms with Crippen LogP contribution in [-0.4, -0.2) is 21.3 Å². The summed E-state index contributed by atoms with van der Waals surface area (Å²) in [6, 6.07) is 11.1. The molecule has 0 atom stereocenters. The summed E-state index contributed by atoms with van der Waals surface area (Å²) in [6.45, 7) is 3.55. The maximum absolute atomic E-state index is 11.9. The fourth-order valence-electron chi connectivity index (χ4n) is 2.51. The molecule has 0 aliphatic carbocycles. The zero-order chi connectivity index (χ0) is 18.5. The highest BCUT2D eigenvalue weighted by Crippen LogP contribution is 2.12. The smallest absolute Gasteiger partial charge is 0.331 e. The number of pyridine rings is 1. The minimum absolute atomic E-state index is 0.117. The molecule has 3 rings (SSSR count). The number of esters is 1. The van der Waals surface area contributed by atoms with Crippen LogP contribution in [0.3, 0.4) is 0 Å². The minimum Gasteiger partial charge on any atom is -0.456 e. The van der Waals surface area contributed by atoms with Gasteiger partial charge in [0.25, 0.3) is 0 Å². The second-order valence-corrected chi connectivity index (χ2v) is 5.90. The van der Waals surface area contributed by atoms with Gasteiger partial charge in [-0.15, -0.1) is 0 Å². The molecule has 0 saturated carbocycles. The lowest BCUT2D eigenvalue weighted by Crippen LogP contribution is -2.05. The van der Waals surface area contributed by atoms with Crippen LogP contribution in [0.1, 0.15) is 23.7 Å². The Labute approximate surface area is 151 Å². The molecular weight excluding hydrogens is 330 g/mol. The number of aryl methyl sites for hydroxylation is 1. The molecule has 0 radical (unpaired) electrons. The van der Waals surface area contributed by atoms with E-state index >= 15 is 0 Å². The first-order chi connectivity index (χ1) is 12.5. The lowest BCUT2D eigenvalue weighted by molar-refractivity contribution is -0.139. The van der Waals surface area contributed by atoms with Gasteiger partial charge in [0.15, 0.2) is 0 Å². The number of nitrogens with one attached hydrogen (secondary N) is 1. The molecule has 26 heavy (non-hydrogen) atoms. The molecule has 6 nitrogen and oxygen atoms in total. The monoisotopic (exact) mass is 349 g/mol. The first-order valence-electron chi connectivity index (χ1n) is 8.17. The molecule has 2 aromatic heterocycles. The Kier molecular flexibility index (Phi) is 5.12. The van der Waals surface area contributed by atoms with E-state index in [9.17, 15) is 9.59 Å². The fourth-order valence-corrected chi connectivity index (χ4v) is 2.51. The highest BCUT2D eigenvalue weighted by Gasteiger charge is 2.05. The molecule has 0 spiro atoms. The predicted octanol–water partition coefficient (Wildman–Crippen LogP) is 3.36. The van der Waals surface area contributed by atoms with E-state index in [0.29, 0.717) is 11.4 Å². The van der Waals surface area contributed by atoms with Gasteiger partial charge in [-0.2, -0.15) is 0 Å². The number of benzene rings is 1. The number of imidazole rings is 1. The number of carbonyl (C=O) groups is 2. The van der Waals surface area contributed by atoms with Crippen molar-refractivity contribution < 1.29 is 14.3 Å². The summed E-state index contributed by atoms with van der Waals surface area (Å²) in [5.41, 5.74) is 4.15. The van der Waals surface area contributed by atoms with Crippen LogP contribution in [0.2, 0.25) is 0 Å². The quantitative estimate of drug-likeness (QED) is 0.566. The number of rotatable bonds is 5. The largest absolute Gasteiger partial charge is 0.456 e. The van der Waals surface area contributed by atoms with E-state index in [4.69, 9.17) is 4.74 Å². The van der Waals surface area contributed by atoms with Crippen molar-refractivity contribution in [3.63, 3.8) is 0 Å². The van der Waals surface area contributed by atoms with E-state index in [0.717, 1.165) is 16.8 Å². The van der Waals surface area contributed by atoms with Gasteiger partial charge in [-0.3, -0.25) is 4.79 Å². The predicted molar refractivity (Wildman–Crippen MR) is 99.5 cm³/mol. The van der Waals surface area contributed by atoms with Gasteiger partial charge in [0.05, 0.1) is 5.69 Å². The number of anilines is 1. The highest BCUT2D eigenvalue weighted by atomic mass is 16.5. The average Bonchev–Trinajstić information content (AvgIpc) is 3.03. The van der Waals surface area contributed by atoms with Gasteiger partial charge in [-0.1, -0.05) is 18.2 Å². The minimum atomic E-state index is -0.440. The Morgan fingerprint density at radius 2 is 2.00 bits per heavy atom. The molecule has 0 bridgehead atoms. The number of ether oxygens (including phenoxy) is 1. The van der Waals surface area contributed by atoms with Crippen LogP contribution in [0.4, 0.5) is 5.69 Å². The van der Waals surface area contributed by atoms with Crippen molar-refractivity contribution in [2.75, 3.05) is 5.32 Å². The Morgan fingerprint density at radius 3 is 2.69 bits per heavy atom. The normalized spacial score (nSPS) is 11.0. The lowest BCUT2D eigenvalue weighted by atomic mass is 10.2. The van der Waals surface area contributed by atoms with Crippen LogP contribution >= 0.6 is 0 Å². The average molecular weight is 349 g/mol. The molecule has 0 aliphatic rings. The number of hydrogen-bond acceptors (Lipinski definition) is 4. The maximum atomic E-state index is 11.9. The standard InChI is InChI=1S/C20H19N3O3/c1-14-4-3-11-23-12-18(22-20(14)23)13-26-19(25)10-7-16-5-8-17(9-6-16)21-15(2)24/h3-12H,13H2,1-2H3,(H,21,24). The number of amides is 1. The van der Waals surface area contributed by atoms with Crippen molar-refractivity contribution in [2.24, 2.45) is 0 Å². The van der Waals surface area contributed by atoms with Crippen LogP contribution in [-0.2, 0) is 20.9 Å². The third kappa shape index (κ3) is 4.36. The first-order valence-corrected chi connectivity index (χ1v) is 8.17. The third-order valence-electron chi connectivity index (χ3n) is 3.73. The lowest BCUT2D eigenvalue weighted by Gasteiger charge is -2.02. The fraction of sp³-hybridized carbons (Fsp3) is 0.150. The van der Waals surface area contributed by atoms with Gasteiger partial charge in [0.2, 0.25) is 5.91 Å². The van der Waals surface area contributed by atoms with Crippen LogP contribution in [0.25, 0.3) is 11.7 Å². The van der Waals surface area contributed by atoms with E-state index in [1.165, 1.54) is 13.0 Å². The van der Waals surface area contributed by atoms with E-state index < -0.39 is 5.97 Å². The van der Waals surface area contributed by atoms with Crippen LogP contribution in [0.15, 0.2) is 54.9 Å². The summed E-state index contributed by atoms with van der Waals surface area (Å²) >= 11 is 0. The van der Waals surface area contributed by atoms with Gasteiger partial charge in [0, 0.05) is 31.1 Å². The third-order valence-corrected chi connectivity index (χ3v) is 3.73. The van der Waals surface area contributed by atoms with Gasteiger partial charge in [-0.25, -0.2) is 9.78 Å². The van der Waals surface area contributed by atoms with Crippen molar-refractivity contribution >= 4 is 29.3 Å². The Balaban J connectivity index is 1.57. The summed E-state index contributed by atoms with van der Waals surface area (Å²) in [5.74, 6) is -0.566. The Morgan fingerprint density at radius 1 is 1.23 bits per heavy atom. The summed E-state index contributed by atoms with van der Waals surface area (Å²) in [4.78, 5) is 27.3. The number of aromatic nitrogens is 2. The zero-order valence-electron chi connectivity index (χ0n) is 14.6. The van der Waals surface area contributed by atoms with E-state index in [1.807, 2.05) is 35.9 Å². The highest BCUT2D eigenvalue weighted by molar-refractivity contribution is 5.89. The van der Waals surface area contributed by atoms with E-state index in [1.54, 1.807) is 30.3 Å². The van der Waals surface area contributed by atoms with Crippen LogP contribution in [0.5, 0.6) is 0 Å². The summed E-state index contributed by atoms with van der Waals surface area (Å²) in [5, 5.41) is 2.69. The molecule has 0 saturated heterocycles. The van der Waals surface area contributed by atoms with Gasteiger partial charge >= 0.3 is 5.97 Å². The van der Waals surface area contributed by atoms with Gasteiger partial charge < -0.3 is 14.5 Å². The molecule has 0 fully saturated rings. The number of fused-ring (bicyclic) bond motifs is 1. The Hall–Kier alpha value is -3.41. The molecule has 132 valence electrons. The summed E-state index contributed by atoms with van der Waals surface area (Å²) < 4.78 is 7.14. The molecule has 1 amide bonds. The molecule has 3 aromatic rings. The number of hydrogen-bond donors (Lipinski definition) is 1. The maximum Gasteiger partial charge on any atom is 0.331 e. The number of nitrogens with zero attached hydrogens (tertiary/aromatic N) is 2. The molecule has 0 unspecified atom stereocenters. The molecule has 2 heterocycles. The SMILES string of the molecule is CC(=O)Nc1ccc(C=CC(=O)OCc2cn3cccc(C)c3n2)cc1. The van der Waals surface area contributed by atoms with Crippen molar-refractivity contribution in [1.82, 2.24) is 9.38 Å². The van der Waals surface area contributed by atoms with Crippen molar-refractivity contribution in [3.8, 4) is 0 Å². The summed E-state index contributed by atoms with van der Waals surface area (Å²) in [6.07, 6.45) is 6.79. The topological polar surface area (TPSA) is 72.7 Å². The molecular formula is C20H19N3O3. The molecule has 6 heteroatoms. The molecule has 1 aromatic carbocycles. The van der Waals surface area contributed by atoms with E-state index in [-0.39, 0.29) is 12.5 Å². The summed E-state index contributed by atoms with van der Waals surface area (Å²) in [7, 11) is 0. The van der Waals surface area contributed by atoms with E-state index in [2.05, 4.69) is 10.3 Å². The van der Waals surface area contributed by atoms with Crippen LogP contribution < -0.4 is 5.32 Å². The second kappa shape index (κ2) is 7.65.